The van der Waals surface area contributed by atoms with Crippen LogP contribution in [0.5, 0.6) is 0 Å². The van der Waals surface area contributed by atoms with Crippen molar-refractivity contribution in [3.05, 3.63) is 29.3 Å². The van der Waals surface area contributed by atoms with Gasteiger partial charge in [-0.1, -0.05) is 6.92 Å². The van der Waals surface area contributed by atoms with Crippen LogP contribution in [0.15, 0.2) is 17.0 Å². The van der Waals surface area contributed by atoms with E-state index in [1.54, 1.807) is 6.92 Å². The molecular formula is C13H20F2N2O2S. The Kier molecular flexibility index (Phi) is 5.61. The van der Waals surface area contributed by atoms with Crippen LogP contribution in [0.4, 0.5) is 8.78 Å². The summed E-state index contributed by atoms with van der Waals surface area (Å²) in [5.74, 6) is -1.79. The van der Waals surface area contributed by atoms with Gasteiger partial charge in [0.2, 0.25) is 10.0 Å². The van der Waals surface area contributed by atoms with Crippen LogP contribution in [-0.4, -0.2) is 32.9 Å². The van der Waals surface area contributed by atoms with Crippen molar-refractivity contribution in [1.82, 2.24) is 9.62 Å². The molecule has 0 spiro atoms. The fourth-order valence-electron chi connectivity index (χ4n) is 1.76. The Bertz CT molecular complexity index is 576. The summed E-state index contributed by atoms with van der Waals surface area (Å²) in [5.41, 5.74) is -0.272. The fourth-order valence-corrected chi connectivity index (χ4v) is 3.29. The van der Waals surface area contributed by atoms with Gasteiger partial charge in [0.1, 0.15) is 10.7 Å². The number of nitrogens with zero attached hydrogens (tertiary/aromatic N) is 1. The molecule has 0 aliphatic rings. The van der Waals surface area contributed by atoms with Gasteiger partial charge in [-0.25, -0.2) is 17.2 Å². The van der Waals surface area contributed by atoms with E-state index in [4.69, 9.17) is 0 Å². The zero-order valence-corrected chi connectivity index (χ0v) is 12.9. The predicted molar refractivity (Wildman–Crippen MR) is 73.8 cm³/mol. The summed E-state index contributed by atoms with van der Waals surface area (Å²) in [6.45, 7) is 3.49. The normalized spacial score (nSPS) is 13.8. The summed E-state index contributed by atoms with van der Waals surface area (Å²) < 4.78 is 53.6. The molecule has 114 valence electrons. The van der Waals surface area contributed by atoms with E-state index in [2.05, 4.69) is 5.32 Å². The number of benzene rings is 1. The Morgan fingerprint density at radius 2 is 1.95 bits per heavy atom. The van der Waals surface area contributed by atoms with Gasteiger partial charge in [0.05, 0.1) is 0 Å². The summed E-state index contributed by atoms with van der Waals surface area (Å²) in [6, 6.07) is 1.68. The maximum absolute atomic E-state index is 14.3. The van der Waals surface area contributed by atoms with Crippen LogP contribution in [0.2, 0.25) is 0 Å². The summed E-state index contributed by atoms with van der Waals surface area (Å²) in [6.07, 6.45) is 0.599. The van der Waals surface area contributed by atoms with Gasteiger partial charge in [-0.05, 0) is 32.5 Å². The third-order valence-corrected chi connectivity index (χ3v) is 5.36. The second-order valence-electron chi connectivity index (χ2n) is 4.65. The van der Waals surface area contributed by atoms with Gasteiger partial charge in [-0.2, -0.15) is 4.31 Å². The topological polar surface area (TPSA) is 49.4 Å². The van der Waals surface area contributed by atoms with E-state index in [9.17, 15) is 17.2 Å². The van der Waals surface area contributed by atoms with Crippen LogP contribution in [-0.2, 0) is 16.6 Å². The molecule has 0 heterocycles. The standard InChI is InChI=1S/C13H20F2N2O2S/c1-5-9(2)17(4)20(18,19)12-7-6-11(14)10(8-16-3)13(12)15/h6-7,9,16H,5,8H2,1-4H3. The minimum atomic E-state index is -3.97. The molecule has 1 rings (SSSR count). The van der Waals surface area contributed by atoms with Crippen molar-refractivity contribution in [3.8, 4) is 0 Å². The van der Waals surface area contributed by atoms with E-state index in [1.165, 1.54) is 14.1 Å². The van der Waals surface area contributed by atoms with Gasteiger partial charge in [0, 0.05) is 25.2 Å². The first-order valence-corrected chi connectivity index (χ1v) is 7.80. The molecule has 1 atom stereocenters. The Morgan fingerprint density at radius 3 is 2.45 bits per heavy atom. The molecule has 0 fully saturated rings. The van der Waals surface area contributed by atoms with Gasteiger partial charge in [-0.15, -0.1) is 0 Å². The van der Waals surface area contributed by atoms with Gasteiger partial charge in [-0.3, -0.25) is 0 Å². The number of hydrogen-bond acceptors (Lipinski definition) is 3. The van der Waals surface area contributed by atoms with Crippen molar-refractivity contribution in [2.45, 2.75) is 37.8 Å². The van der Waals surface area contributed by atoms with Crippen molar-refractivity contribution in [3.63, 3.8) is 0 Å². The number of halogens is 2. The highest BCUT2D eigenvalue weighted by Gasteiger charge is 2.29. The number of nitrogens with one attached hydrogen (secondary N) is 1. The monoisotopic (exact) mass is 306 g/mol. The Morgan fingerprint density at radius 1 is 1.35 bits per heavy atom. The third kappa shape index (κ3) is 3.16. The molecule has 20 heavy (non-hydrogen) atoms. The first-order chi connectivity index (χ1) is 9.27. The van der Waals surface area contributed by atoms with Gasteiger partial charge >= 0.3 is 0 Å². The molecule has 0 aromatic heterocycles. The van der Waals surface area contributed by atoms with E-state index in [1.807, 2.05) is 6.92 Å². The van der Waals surface area contributed by atoms with Crippen LogP contribution in [0.3, 0.4) is 0 Å². The number of sulfonamides is 1. The second kappa shape index (κ2) is 6.60. The lowest BCUT2D eigenvalue weighted by molar-refractivity contribution is 0.377. The molecule has 0 saturated heterocycles. The molecule has 0 aliphatic carbocycles. The van der Waals surface area contributed by atoms with Crippen LogP contribution >= 0.6 is 0 Å². The fraction of sp³-hybridized carbons (Fsp3) is 0.538. The molecule has 1 aromatic carbocycles. The lowest BCUT2D eigenvalue weighted by Crippen LogP contribution is -2.35. The van der Waals surface area contributed by atoms with Crippen molar-refractivity contribution in [1.29, 1.82) is 0 Å². The zero-order chi connectivity index (χ0) is 15.5. The van der Waals surface area contributed by atoms with E-state index in [-0.39, 0.29) is 18.2 Å². The predicted octanol–water partition coefficient (Wildman–Crippen LogP) is 2.10. The van der Waals surface area contributed by atoms with Crippen molar-refractivity contribution in [2.75, 3.05) is 14.1 Å². The Hall–Kier alpha value is -1.05. The largest absolute Gasteiger partial charge is 0.315 e. The quantitative estimate of drug-likeness (QED) is 0.875. The summed E-state index contributed by atoms with van der Waals surface area (Å²) in [5, 5.41) is 2.62. The molecule has 0 aliphatic heterocycles. The average Bonchev–Trinajstić information content (AvgIpc) is 2.41. The number of hydrogen-bond donors (Lipinski definition) is 1. The molecule has 4 nitrogen and oxygen atoms in total. The average molecular weight is 306 g/mol. The maximum Gasteiger partial charge on any atom is 0.245 e. The highest BCUT2D eigenvalue weighted by molar-refractivity contribution is 7.89. The van der Waals surface area contributed by atoms with Gasteiger partial charge in [0.15, 0.2) is 5.82 Å². The first-order valence-electron chi connectivity index (χ1n) is 6.36. The highest BCUT2D eigenvalue weighted by Crippen LogP contribution is 2.24. The molecular weight excluding hydrogens is 286 g/mol. The van der Waals surface area contributed by atoms with Gasteiger partial charge < -0.3 is 5.32 Å². The van der Waals surface area contributed by atoms with E-state index in [0.29, 0.717) is 6.42 Å². The zero-order valence-electron chi connectivity index (χ0n) is 12.1. The minimum absolute atomic E-state index is 0.0753. The molecule has 1 unspecified atom stereocenters. The minimum Gasteiger partial charge on any atom is -0.315 e. The maximum atomic E-state index is 14.3. The van der Waals surface area contributed by atoms with Crippen LogP contribution in [0.25, 0.3) is 0 Å². The summed E-state index contributed by atoms with van der Waals surface area (Å²) in [7, 11) is -1.05. The van der Waals surface area contributed by atoms with Crippen molar-refractivity contribution in [2.24, 2.45) is 0 Å². The third-order valence-electron chi connectivity index (χ3n) is 3.37. The lowest BCUT2D eigenvalue weighted by Gasteiger charge is -2.23. The highest BCUT2D eigenvalue weighted by atomic mass is 32.2. The molecule has 0 saturated carbocycles. The summed E-state index contributed by atoms with van der Waals surface area (Å²) >= 11 is 0. The second-order valence-corrected chi connectivity index (χ2v) is 6.61. The Labute approximate surface area is 118 Å². The van der Waals surface area contributed by atoms with Crippen LogP contribution < -0.4 is 5.32 Å². The molecule has 1 aromatic rings. The molecule has 0 amide bonds. The van der Waals surface area contributed by atoms with Crippen LogP contribution in [0, 0.1) is 11.6 Å². The van der Waals surface area contributed by atoms with E-state index in [0.717, 1.165) is 16.4 Å². The van der Waals surface area contributed by atoms with Crippen LogP contribution in [0.1, 0.15) is 25.8 Å². The molecule has 1 N–H and O–H groups in total. The lowest BCUT2D eigenvalue weighted by atomic mass is 10.2. The Balaban J connectivity index is 3.36. The van der Waals surface area contributed by atoms with Crippen molar-refractivity contribution < 1.29 is 17.2 Å². The smallest absolute Gasteiger partial charge is 0.245 e. The van der Waals surface area contributed by atoms with Crippen molar-refractivity contribution >= 4 is 10.0 Å². The SMILES string of the molecule is CCC(C)N(C)S(=O)(=O)c1ccc(F)c(CNC)c1F. The first kappa shape index (κ1) is 17.0. The summed E-state index contributed by atoms with van der Waals surface area (Å²) in [4.78, 5) is -0.494. The van der Waals surface area contributed by atoms with E-state index >= 15 is 0 Å². The molecule has 0 bridgehead atoms. The number of rotatable bonds is 6. The van der Waals surface area contributed by atoms with Gasteiger partial charge in [0.25, 0.3) is 0 Å². The molecule has 7 heteroatoms. The molecule has 0 radical (unpaired) electrons. The van der Waals surface area contributed by atoms with E-state index < -0.39 is 26.6 Å².